The number of hydrogen-bond acceptors (Lipinski definition) is 4. The Bertz CT molecular complexity index is 486. The number of benzene rings is 1. The van der Waals surface area contributed by atoms with E-state index < -0.39 is 6.09 Å². The second kappa shape index (κ2) is 6.27. The molecule has 1 aliphatic heterocycles. The Kier molecular flexibility index (Phi) is 4.45. The molecule has 1 atom stereocenters. The van der Waals surface area contributed by atoms with Crippen LogP contribution in [0.25, 0.3) is 0 Å². The molecule has 0 spiro atoms. The number of amides is 2. The van der Waals surface area contributed by atoms with E-state index in [1.807, 2.05) is 24.3 Å². The molecule has 1 fully saturated rings. The van der Waals surface area contributed by atoms with Crippen molar-refractivity contribution in [3.05, 3.63) is 29.8 Å². The van der Waals surface area contributed by atoms with E-state index in [2.05, 4.69) is 0 Å². The summed E-state index contributed by atoms with van der Waals surface area (Å²) in [4.78, 5) is 24.3. The Morgan fingerprint density at radius 3 is 2.70 bits per heavy atom. The minimum absolute atomic E-state index is 0.0684. The van der Waals surface area contributed by atoms with Gasteiger partial charge in [-0.15, -0.1) is 0 Å². The van der Waals surface area contributed by atoms with Crippen LogP contribution in [0.5, 0.6) is 5.75 Å². The fourth-order valence-electron chi connectivity index (χ4n) is 2.29. The van der Waals surface area contributed by atoms with E-state index >= 15 is 0 Å². The molecule has 2 rings (SSSR count). The van der Waals surface area contributed by atoms with Gasteiger partial charge in [0.05, 0.1) is 13.2 Å². The molecule has 1 heterocycles. The van der Waals surface area contributed by atoms with Gasteiger partial charge in [-0.2, -0.15) is 0 Å². The van der Waals surface area contributed by atoms with Crippen LogP contribution in [0, 0.1) is 0 Å². The van der Waals surface area contributed by atoms with Crippen LogP contribution in [-0.2, 0) is 16.1 Å². The first-order valence-electron chi connectivity index (χ1n) is 6.45. The summed E-state index contributed by atoms with van der Waals surface area (Å²) in [5.41, 5.74) is 5.96. The maximum absolute atomic E-state index is 11.9. The van der Waals surface area contributed by atoms with Gasteiger partial charge in [0.2, 0.25) is 5.91 Å². The molecule has 1 unspecified atom stereocenters. The number of likely N-dealkylation sites (tertiary alicyclic amines) is 1. The number of nitrogens with two attached hydrogens (primary N) is 1. The van der Waals surface area contributed by atoms with Gasteiger partial charge < -0.3 is 20.1 Å². The van der Waals surface area contributed by atoms with E-state index in [1.165, 1.54) is 0 Å². The van der Waals surface area contributed by atoms with Crippen LogP contribution in [0.3, 0.4) is 0 Å². The van der Waals surface area contributed by atoms with Gasteiger partial charge >= 0.3 is 6.09 Å². The van der Waals surface area contributed by atoms with Crippen molar-refractivity contribution in [2.24, 2.45) is 5.73 Å². The third-order valence-corrected chi connectivity index (χ3v) is 3.38. The molecule has 1 aromatic carbocycles. The number of nitrogens with zero attached hydrogens (tertiary/aromatic N) is 1. The van der Waals surface area contributed by atoms with Crippen molar-refractivity contribution in [2.45, 2.75) is 25.4 Å². The quantitative estimate of drug-likeness (QED) is 0.879. The minimum Gasteiger partial charge on any atom is -0.497 e. The van der Waals surface area contributed by atoms with E-state index in [-0.39, 0.29) is 18.6 Å². The molecule has 1 saturated heterocycles. The number of carbonyl (C=O) groups excluding carboxylic acids is 2. The topological polar surface area (TPSA) is 81.9 Å². The van der Waals surface area contributed by atoms with Gasteiger partial charge in [0.15, 0.2) is 0 Å². The van der Waals surface area contributed by atoms with Crippen molar-refractivity contribution in [2.75, 3.05) is 13.7 Å². The third kappa shape index (κ3) is 3.40. The van der Waals surface area contributed by atoms with Crippen molar-refractivity contribution in [3.8, 4) is 5.75 Å². The van der Waals surface area contributed by atoms with Gasteiger partial charge in [0.1, 0.15) is 12.4 Å². The highest BCUT2D eigenvalue weighted by molar-refractivity contribution is 5.78. The number of rotatable bonds is 5. The molecule has 0 aromatic heterocycles. The van der Waals surface area contributed by atoms with Crippen LogP contribution in [0.15, 0.2) is 24.3 Å². The monoisotopic (exact) mass is 278 g/mol. The van der Waals surface area contributed by atoms with Crippen LogP contribution in [0.2, 0.25) is 0 Å². The molecule has 2 amide bonds. The summed E-state index contributed by atoms with van der Waals surface area (Å²) in [6.45, 7) is 0.646. The summed E-state index contributed by atoms with van der Waals surface area (Å²) in [7, 11) is 1.61. The summed E-state index contributed by atoms with van der Waals surface area (Å²) in [6.07, 6.45) is 0.347. The van der Waals surface area contributed by atoms with Crippen LogP contribution in [-0.4, -0.2) is 36.7 Å². The number of methoxy groups -OCH3 is 1. The van der Waals surface area contributed by atoms with E-state index in [0.717, 1.165) is 11.3 Å². The average molecular weight is 278 g/mol. The van der Waals surface area contributed by atoms with E-state index in [1.54, 1.807) is 12.0 Å². The normalized spacial score (nSPS) is 18.1. The first-order chi connectivity index (χ1) is 9.60. The van der Waals surface area contributed by atoms with Gasteiger partial charge in [0, 0.05) is 13.0 Å². The van der Waals surface area contributed by atoms with Crippen molar-refractivity contribution in [1.29, 1.82) is 0 Å². The smallest absolute Gasteiger partial charge is 0.404 e. The second-order valence-electron chi connectivity index (χ2n) is 4.69. The Morgan fingerprint density at radius 1 is 1.40 bits per heavy atom. The van der Waals surface area contributed by atoms with Crippen molar-refractivity contribution in [3.63, 3.8) is 0 Å². The predicted molar refractivity (Wildman–Crippen MR) is 72.1 cm³/mol. The zero-order valence-corrected chi connectivity index (χ0v) is 11.4. The molecule has 6 heteroatoms. The van der Waals surface area contributed by atoms with Gasteiger partial charge in [-0.25, -0.2) is 4.79 Å². The lowest BCUT2D eigenvalue weighted by Crippen LogP contribution is -2.36. The predicted octanol–water partition coefficient (Wildman–Crippen LogP) is 1.28. The molecular weight excluding hydrogens is 260 g/mol. The van der Waals surface area contributed by atoms with Crippen molar-refractivity contribution < 1.29 is 19.1 Å². The molecule has 0 aliphatic carbocycles. The summed E-state index contributed by atoms with van der Waals surface area (Å²) < 4.78 is 9.90. The summed E-state index contributed by atoms with van der Waals surface area (Å²) in [5, 5.41) is 0. The molecule has 20 heavy (non-hydrogen) atoms. The van der Waals surface area contributed by atoms with Crippen LogP contribution < -0.4 is 10.5 Å². The highest BCUT2D eigenvalue weighted by atomic mass is 16.5. The molecule has 0 radical (unpaired) electrons. The summed E-state index contributed by atoms with van der Waals surface area (Å²) in [6, 6.07) is 7.43. The molecule has 2 N–H and O–H groups in total. The maximum atomic E-state index is 11.9. The Hall–Kier alpha value is -2.24. The molecular formula is C14H18N2O4. The van der Waals surface area contributed by atoms with Crippen molar-refractivity contribution in [1.82, 2.24) is 4.90 Å². The maximum Gasteiger partial charge on any atom is 0.404 e. The zero-order valence-electron chi connectivity index (χ0n) is 11.4. The highest BCUT2D eigenvalue weighted by Gasteiger charge is 2.31. The van der Waals surface area contributed by atoms with Crippen molar-refractivity contribution >= 4 is 12.0 Å². The number of carbonyl (C=O) groups is 2. The number of ether oxygens (including phenoxy) is 2. The van der Waals surface area contributed by atoms with Crippen LogP contribution in [0.1, 0.15) is 18.4 Å². The Morgan fingerprint density at radius 2 is 2.10 bits per heavy atom. The first kappa shape index (κ1) is 14.2. The van der Waals surface area contributed by atoms with E-state index in [4.69, 9.17) is 15.2 Å². The Balaban J connectivity index is 2.00. The standard InChI is InChI=1S/C14H18N2O4/c1-19-12-5-2-10(3-6-12)8-16-11(4-7-13(16)17)9-20-14(15)18/h2-3,5-6,11H,4,7-9H2,1H3,(H2,15,18). The summed E-state index contributed by atoms with van der Waals surface area (Å²) >= 11 is 0. The molecule has 6 nitrogen and oxygen atoms in total. The molecule has 108 valence electrons. The van der Waals surface area contributed by atoms with Gasteiger partial charge in [-0.1, -0.05) is 12.1 Å². The van der Waals surface area contributed by atoms with Gasteiger partial charge in [-0.3, -0.25) is 4.79 Å². The highest BCUT2D eigenvalue weighted by Crippen LogP contribution is 2.22. The Labute approximate surface area is 117 Å². The number of hydrogen-bond donors (Lipinski definition) is 1. The third-order valence-electron chi connectivity index (χ3n) is 3.38. The zero-order chi connectivity index (χ0) is 14.5. The largest absolute Gasteiger partial charge is 0.497 e. The lowest BCUT2D eigenvalue weighted by Gasteiger charge is -2.24. The molecule has 1 aliphatic rings. The fourth-order valence-corrected chi connectivity index (χ4v) is 2.29. The van der Waals surface area contributed by atoms with E-state index in [0.29, 0.717) is 19.4 Å². The average Bonchev–Trinajstić information content (AvgIpc) is 2.78. The van der Waals surface area contributed by atoms with Gasteiger partial charge in [-0.05, 0) is 24.1 Å². The van der Waals surface area contributed by atoms with Crippen LogP contribution in [0.4, 0.5) is 4.79 Å². The molecule has 0 bridgehead atoms. The lowest BCUT2D eigenvalue weighted by molar-refractivity contribution is -0.130. The summed E-state index contributed by atoms with van der Waals surface area (Å²) in [5.74, 6) is 0.842. The van der Waals surface area contributed by atoms with Gasteiger partial charge in [0.25, 0.3) is 0 Å². The first-order valence-corrected chi connectivity index (χ1v) is 6.45. The van der Waals surface area contributed by atoms with Crippen LogP contribution >= 0.6 is 0 Å². The lowest BCUT2D eigenvalue weighted by atomic mass is 10.2. The molecule has 1 aromatic rings. The number of primary amides is 1. The second-order valence-corrected chi connectivity index (χ2v) is 4.69. The van der Waals surface area contributed by atoms with E-state index in [9.17, 15) is 9.59 Å². The SMILES string of the molecule is COc1ccc(CN2C(=O)CCC2COC(N)=O)cc1. The fraction of sp³-hybridized carbons (Fsp3) is 0.429. The molecule has 0 saturated carbocycles. The minimum atomic E-state index is -0.811.